The number of aliphatic hydroxyl groups is 1. The molecule has 1 aromatic carbocycles. The van der Waals surface area contributed by atoms with Crippen LogP contribution in [0.2, 0.25) is 10.0 Å². The van der Waals surface area contributed by atoms with Crippen molar-refractivity contribution in [3.05, 3.63) is 64.3 Å². The number of pyridine rings is 2. The van der Waals surface area contributed by atoms with E-state index in [1.54, 1.807) is 36.5 Å². The lowest BCUT2D eigenvalue weighted by atomic mass is 10.1. The van der Waals surface area contributed by atoms with Gasteiger partial charge in [-0.15, -0.1) is 0 Å². The van der Waals surface area contributed by atoms with Crippen molar-refractivity contribution < 1.29 is 9.84 Å². The lowest BCUT2D eigenvalue weighted by Crippen LogP contribution is -2.44. The highest BCUT2D eigenvalue weighted by Gasteiger charge is 2.15. The van der Waals surface area contributed by atoms with Crippen molar-refractivity contribution in [2.75, 3.05) is 38.1 Å². The van der Waals surface area contributed by atoms with Crippen LogP contribution in [-0.4, -0.2) is 53.2 Å². The Hall–Kier alpha value is -2.38. The van der Waals surface area contributed by atoms with Gasteiger partial charge in [-0.2, -0.15) is 0 Å². The number of aliphatic hydroxyl groups excluding tert-OH is 1. The normalized spacial score (nSPS) is 14.7. The topological polar surface area (TPSA) is 61.7 Å². The summed E-state index contributed by atoms with van der Waals surface area (Å²) in [7, 11) is 2.13. The maximum atomic E-state index is 9.65. The second-order valence-electron chi connectivity index (χ2n) is 7.26. The van der Waals surface area contributed by atoms with E-state index in [2.05, 4.69) is 26.8 Å². The highest BCUT2D eigenvalue weighted by molar-refractivity contribution is 6.35. The van der Waals surface area contributed by atoms with E-state index in [9.17, 15) is 5.11 Å². The molecule has 4 rings (SSSR count). The summed E-state index contributed by atoms with van der Waals surface area (Å²) < 4.78 is 5.93. The minimum atomic E-state index is -0.138. The monoisotopic (exact) mass is 444 g/mol. The summed E-state index contributed by atoms with van der Waals surface area (Å²) in [5, 5.41) is 10.7. The summed E-state index contributed by atoms with van der Waals surface area (Å²) in [6.45, 7) is 3.81. The summed E-state index contributed by atoms with van der Waals surface area (Å²) >= 11 is 12.2. The molecule has 3 heterocycles. The molecule has 0 spiro atoms. The molecule has 1 aliphatic heterocycles. The molecule has 1 aliphatic rings. The van der Waals surface area contributed by atoms with Crippen molar-refractivity contribution in [3.8, 4) is 22.9 Å². The Labute approximate surface area is 185 Å². The molecule has 8 heteroatoms. The number of nitrogens with zero attached hydrogens (tertiary/aromatic N) is 4. The molecule has 156 valence electrons. The molecule has 1 N–H and O–H groups in total. The molecule has 0 saturated carbocycles. The predicted molar refractivity (Wildman–Crippen MR) is 120 cm³/mol. The van der Waals surface area contributed by atoms with Crippen LogP contribution in [0.4, 0.5) is 5.82 Å². The summed E-state index contributed by atoms with van der Waals surface area (Å²) in [5.74, 6) is 1.87. The van der Waals surface area contributed by atoms with Crippen LogP contribution in [0, 0.1) is 0 Å². The smallest absolute Gasteiger partial charge is 0.220 e. The first-order valence-corrected chi connectivity index (χ1v) is 10.4. The fourth-order valence-corrected chi connectivity index (χ4v) is 3.85. The Morgan fingerprint density at radius 3 is 2.37 bits per heavy atom. The van der Waals surface area contributed by atoms with Crippen LogP contribution < -0.4 is 9.64 Å². The Morgan fingerprint density at radius 2 is 1.73 bits per heavy atom. The second kappa shape index (κ2) is 9.18. The number of anilines is 1. The van der Waals surface area contributed by atoms with Crippen LogP contribution in [0.1, 0.15) is 5.56 Å². The zero-order valence-corrected chi connectivity index (χ0v) is 18.1. The van der Waals surface area contributed by atoms with Gasteiger partial charge in [-0.25, -0.2) is 9.97 Å². The number of piperazine rings is 1. The summed E-state index contributed by atoms with van der Waals surface area (Å²) in [5.41, 5.74) is 2.03. The Morgan fingerprint density at radius 1 is 1.00 bits per heavy atom. The van der Waals surface area contributed by atoms with Gasteiger partial charge in [0, 0.05) is 47.9 Å². The summed E-state index contributed by atoms with van der Waals surface area (Å²) in [6.07, 6.45) is 1.69. The molecule has 1 saturated heterocycles. The van der Waals surface area contributed by atoms with Gasteiger partial charge < -0.3 is 19.6 Å². The van der Waals surface area contributed by atoms with Gasteiger partial charge in [-0.05, 0) is 49.0 Å². The molecule has 6 nitrogen and oxygen atoms in total. The fourth-order valence-electron chi connectivity index (χ4n) is 3.33. The van der Waals surface area contributed by atoms with E-state index in [1.807, 2.05) is 12.1 Å². The van der Waals surface area contributed by atoms with E-state index in [4.69, 9.17) is 27.9 Å². The van der Waals surface area contributed by atoms with Crippen LogP contribution in [0.25, 0.3) is 11.3 Å². The number of hydrogen-bond acceptors (Lipinski definition) is 6. The lowest BCUT2D eigenvalue weighted by molar-refractivity contribution is 0.281. The first-order valence-electron chi connectivity index (χ1n) is 9.66. The first-order chi connectivity index (χ1) is 14.5. The number of hydrogen-bond donors (Lipinski definition) is 1. The lowest BCUT2D eigenvalue weighted by Gasteiger charge is -2.33. The van der Waals surface area contributed by atoms with Crippen molar-refractivity contribution in [1.82, 2.24) is 14.9 Å². The van der Waals surface area contributed by atoms with Crippen LogP contribution in [-0.2, 0) is 6.61 Å². The molecular formula is C22H22Cl2N4O2. The van der Waals surface area contributed by atoms with Gasteiger partial charge in [0.1, 0.15) is 11.6 Å². The standard InChI is InChI=1S/C22H22Cl2N4O2/c1-27-4-6-28(7-5-27)21-3-2-19(13-25-21)30-22-9-15(14-29)8-20(26-22)16-10-17(23)12-18(24)11-16/h2-3,8-13,29H,4-7,14H2,1H3. The molecular weight excluding hydrogens is 423 g/mol. The highest BCUT2D eigenvalue weighted by atomic mass is 35.5. The maximum Gasteiger partial charge on any atom is 0.220 e. The largest absolute Gasteiger partial charge is 0.437 e. The van der Waals surface area contributed by atoms with Gasteiger partial charge in [-0.1, -0.05) is 23.2 Å². The third-order valence-electron chi connectivity index (χ3n) is 4.97. The molecule has 0 atom stereocenters. The van der Waals surface area contributed by atoms with Crippen molar-refractivity contribution in [1.29, 1.82) is 0 Å². The van der Waals surface area contributed by atoms with E-state index in [0.29, 0.717) is 32.9 Å². The van der Waals surface area contributed by atoms with E-state index < -0.39 is 0 Å². The Balaban J connectivity index is 1.55. The average Bonchev–Trinajstić information content (AvgIpc) is 2.74. The third kappa shape index (κ3) is 5.02. The van der Waals surface area contributed by atoms with Gasteiger partial charge >= 0.3 is 0 Å². The zero-order valence-electron chi connectivity index (χ0n) is 16.6. The molecule has 0 bridgehead atoms. The molecule has 0 aliphatic carbocycles. The summed E-state index contributed by atoms with van der Waals surface area (Å²) in [4.78, 5) is 13.7. The number of halogens is 2. The van der Waals surface area contributed by atoms with Crippen molar-refractivity contribution in [2.45, 2.75) is 6.61 Å². The molecule has 30 heavy (non-hydrogen) atoms. The number of benzene rings is 1. The van der Waals surface area contributed by atoms with Gasteiger partial charge in [-0.3, -0.25) is 0 Å². The number of likely N-dealkylation sites (N-methyl/N-ethyl adjacent to an activating group) is 1. The van der Waals surface area contributed by atoms with Gasteiger partial charge in [0.2, 0.25) is 5.88 Å². The Kier molecular flexibility index (Phi) is 6.39. The maximum absolute atomic E-state index is 9.65. The number of rotatable bonds is 5. The van der Waals surface area contributed by atoms with Crippen LogP contribution in [0.5, 0.6) is 11.6 Å². The van der Waals surface area contributed by atoms with Gasteiger partial charge in [0.05, 0.1) is 18.5 Å². The van der Waals surface area contributed by atoms with Gasteiger partial charge in [0.25, 0.3) is 0 Å². The first kappa shape index (κ1) is 20.9. The van der Waals surface area contributed by atoms with Crippen molar-refractivity contribution in [3.63, 3.8) is 0 Å². The molecule has 0 amide bonds. The van der Waals surface area contributed by atoms with Gasteiger partial charge in [0.15, 0.2) is 0 Å². The van der Waals surface area contributed by atoms with Crippen LogP contribution in [0.15, 0.2) is 48.7 Å². The van der Waals surface area contributed by atoms with Crippen molar-refractivity contribution >= 4 is 29.0 Å². The fraction of sp³-hybridized carbons (Fsp3) is 0.273. The third-order valence-corrected chi connectivity index (χ3v) is 5.41. The second-order valence-corrected chi connectivity index (χ2v) is 8.13. The van der Waals surface area contributed by atoms with Crippen molar-refractivity contribution in [2.24, 2.45) is 0 Å². The molecule has 2 aromatic heterocycles. The molecule has 0 unspecified atom stereocenters. The minimum Gasteiger partial charge on any atom is -0.437 e. The van der Waals surface area contributed by atoms with E-state index in [1.165, 1.54) is 0 Å². The predicted octanol–water partition coefficient (Wildman–Crippen LogP) is 4.49. The highest BCUT2D eigenvalue weighted by Crippen LogP contribution is 2.30. The van der Waals surface area contributed by atoms with E-state index in [-0.39, 0.29) is 6.61 Å². The summed E-state index contributed by atoms with van der Waals surface area (Å²) in [6, 6.07) is 12.5. The quantitative estimate of drug-likeness (QED) is 0.625. The zero-order chi connectivity index (χ0) is 21.1. The molecule has 3 aromatic rings. The average molecular weight is 445 g/mol. The number of aromatic nitrogens is 2. The van der Waals surface area contributed by atoms with Crippen LogP contribution >= 0.6 is 23.2 Å². The minimum absolute atomic E-state index is 0.138. The Bertz CT molecular complexity index is 1000. The number of ether oxygens (including phenoxy) is 1. The van der Waals surface area contributed by atoms with E-state index in [0.717, 1.165) is 37.6 Å². The van der Waals surface area contributed by atoms with Crippen LogP contribution in [0.3, 0.4) is 0 Å². The molecule has 0 radical (unpaired) electrons. The molecule has 1 fully saturated rings. The van der Waals surface area contributed by atoms with E-state index >= 15 is 0 Å². The SMILES string of the molecule is CN1CCN(c2ccc(Oc3cc(CO)cc(-c4cc(Cl)cc(Cl)c4)n3)cn2)CC1.